The third kappa shape index (κ3) is 3.80. The number of hydrogen-bond acceptors (Lipinski definition) is 9. The van der Waals surface area contributed by atoms with Gasteiger partial charge in [-0.1, -0.05) is 6.07 Å². The zero-order chi connectivity index (χ0) is 20.3. The van der Waals surface area contributed by atoms with Gasteiger partial charge in [0.2, 0.25) is 0 Å². The lowest BCUT2D eigenvalue weighted by Gasteiger charge is -2.07. The van der Waals surface area contributed by atoms with Crippen molar-refractivity contribution in [2.24, 2.45) is 0 Å². The highest BCUT2D eigenvalue weighted by atomic mass is 32.1. The Morgan fingerprint density at radius 1 is 1.00 bits per heavy atom. The summed E-state index contributed by atoms with van der Waals surface area (Å²) >= 11 is 1.55. The van der Waals surface area contributed by atoms with Crippen molar-refractivity contribution in [3.05, 3.63) is 65.6 Å². The molecule has 9 nitrogen and oxygen atoms in total. The van der Waals surface area contributed by atoms with E-state index in [1.54, 1.807) is 29.8 Å². The minimum absolute atomic E-state index is 0.311. The number of fused-ring (bicyclic) bond motifs is 1. The molecule has 0 amide bonds. The van der Waals surface area contributed by atoms with Crippen LogP contribution in [0.25, 0.3) is 21.6 Å². The second-order valence-electron chi connectivity index (χ2n) is 6.40. The van der Waals surface area contributed by atoms with Crippen molar-refractivity contribution in [2.45, 2.75) is 13.5 Å². The Morgan fingerprint density at radius 3 is 2.77 bits per heavy atom. The first-order valence-electron chi connectivity index (χ1n) is 9.16. The van der Waals surface area contributed by atoms with E-state index in [4.69, 9.17) is 9.72 Å². The molecule has 148 valence electrons. The number of aryl methyl sites for hydroxylation is 1. The maximum atomic E-state index is 5.61. The fourth-order valence-corrected chi connectivity index (χ4v) is 3.88. The van der Waals surface area contributed by atoms with Gasteiger partial charge in [-0.3, -0.25) is 0 Å². The second-order valence-corrected chi connectivity index (χ2v) is 7.49. The third-order valence-electron chi connectivity index (χ3n) is 4.28. The van der Waals surface area contributed by atoms with E-state index in [-0.39, 0.29) is 0 Å². The average Bonchev–Trinajstić information content (AvgIpc) is 3.39. The monoisotopic (exact) mass is 416 g/mol. The zero-order valence-electron chi connectivity index (χ0n) is 15.9. The van der Waals surface area contributed by atoms with Crippen LogP contribution in [0.1, 0.15) is 10.7 Å². The first-order valence-corrected chi connectivity index (χ1v) is 9.97. The molecule has 0 aliphatic heterocycles. The normalized spacial score (nSPS) is 11.0. The summed E-state index contributed by atoms with van der Waals surface area (Å²) in [7, 11) is 0. The molecule has 0 aliphatic carbocycles. The number of aromatic amines is 1. The maximum Gasteiger partial charge on any atom is 0.316 e. The lowest BCUT2D eigenvalue weighted by atomic mass is 10.2. The second kappa shape index (κ2) is 7.84. The molecule has 4 aromatic heterocycles. The van der Waals surface area contributed by atoms with Crippen LogP contribution in [0.3, 0.4) is 0 Å². The first-order chi connectivity index (χ1) is 14.7. The molecule has 0 saturated heterocycles. The number of pyridine rings is 1. The van der Waals surface area contributed by atoms with Crippen LogP contribution in [0.2, 0.25) is 0 Å². The Kier molecular flexibility index (Phi) is 4.74. The van der Waals surface area contributed by atoms with E-state index < -0.39 is 0 Å². The molecule has 0 atom stereocenters. The minimum atomic E-state index is 0.311. The number of rotatable bonds is 6. The highest BCUT2D eigenvalue weighted by molar-refractivity contribution is 7.15. The molecule has 0 fully saturated rings. The number of nitrogens with zero attached hydrogens (tertiary/aromatic N) is 6. The topological polar surface area (TPSA) is 114 Å². The molecule has 30 heavy (non-hydrogen) atoms. The summed E-state index contributed by atoms with van der Waals surface area (Å²) in [6, 6.07) is 13.7. The van der Waals surface area contributed by atoms with Gasteiger partial charge in [-0.25, -0.2) is 19.9 Å². The van der Waals surface area contributed by atoms with Crippen LogP contribution in [0.15, 0.2) is 54.9 Å². The van der Waals surface area contributed by atoms with Gasteiger partial charge in [-0.15, -0.1) is 11.3 Å². The molecule has 0 aliphatic rings. The Morgan fingerprint density at radius 2 is 1.87 bits per heavy atom. The van der Waals surface area contributed by atoms with Crippen LogP contribution in [0.5, 0.6) is 6.01 Å². The summed E-state index contributed by atoms with van der Waals surface area (Å²) in [6.45, 7) is 2.28. The Labute approximate surface area is 175 Å². The Bertz CT molecular complexity index is 1300. The molecule has 1 aromatic carbocycles. The average molecular weight is 416 g/mol. The van der Waals surface area contributed by atoms with E-state index in [1.807, 2.05) is 43.3 Å². The van der Waals surface area contributed by atoms with Gasteiger partial charge in [0.1, 0.15) is 28.5 Å². The summed E-state index contributed by atoms with van der Waals surface area (Å²) in [5.74, 6) is 0.735. The number of aromatic nitrogens is 7. The van der Waals surface area contributed by atoms with Gasteiger partial charge < -0.3 is 10.1 Å². The standard InChI is InChI=1S/C20H16N8OS/c1-12-19(30-18(23-12)11-29-20-21-8-3-9-22-20)15-4-2-5-17(25-15)24-13-6-7-14-16(10-13)27-28-26-14/h2-10H,11H2,1H3,(H,24,25)(H,26,27,28). The largest absolute Gasteiger partial charge is 0.456 e. The predicted octanol–water partition coefficient (Wildman–Crippen LogP) is 3.90. The minimum Gasteiger partial charge on any atom is -0.456 e. The maximum absolute atomic E-state index is 5.61. The van der Waals surface area contributed by atoms with Crippen LogP contribution in [0, 0.1) is 6.92 Å². The molecular weight excluding hydrogens is 400 g/mol. The lowest BCUT2D eigenvalue weighted by molar-refractivity contribution is 0.280. The number of thiazole rings is 1. The van der Waals surface area contributed by atoms with Crippen LogP contribution >= 0.6 is 11.3 Å². The van der Waals surface area contributed by atoms with Crippen molar-refractivity contribution in [2.75, 3.05) is 5.32 Å². The molecule has 5 aromatic rings. The van der Waals surface area contributed by atoms with Gasteiger partial charge in [0.05, 0.1) is 16.3 Å². The summed E-state index contributed by atoms with van der Waals surface area (Å²) in [5.41, 5.74) is 4.25. The summed E-state index contributed by atoms with van der Waals surface area (Å²) in [5, 5.41) is 15.0. The van der Waals surface area contributed by atoms with Gasteiger partial charge >= 0.3 is 6.01 Å². The van der Waals surface area contributed by atoms with E-state index in [0.717, 1.165) is 43.8 Å². The Hall–Kier alpha value is -3.92. The molecule has 0 spiro atoms. The van der Waals surface area contributed by atoms with Crippen LogP contribution in [-0.2, 0) is 6.61 Å². The molecule has 0 radical (unpaired) electrons. The molecule has 10 heteroatoms. The molecule has 5 rings (SSSR count). The van der Waals surface area contributed by atoms with Gasteiger partial charge in [-0.05, 0) is 43.3 Å². The van der Waals surface area contributed by atoms with Crippen LogP contribution in [0.4, 0.5) is 11.5 Å². The van der Waals surface area contributed by atoms with Crippen molar-refractivity contribution in [1.29, 1.82) is 0 Å². The van der Waals surface area contributed by atoms with Crippen molar-refractivity contribution in [3.63, 3.8) is 0 Å². The Balaban J connectivity index is 1.35. The number of anilines is 2. The zero-order valence-corrected chi connectivity index (χ0v) is 16.7. The predicted molar refractivity (Wildman–Crippen MR) is 114 cm³/mol. The quantitative estimate of drug-likeness (QED) is 0.428. The number of hydrogen-bond donors (Lipinski definition) is 2. The molecule has 0 unspecified atom stereocenters. The first kappa shape index (κ1) is 18.1. The van der Waals surface area contributed by atoms with E-state index in [9.17, 15) is 0 Å². The van der Waals surface area contributed by atoms with Crippen molar-refractivity contribution >= 4 is 33.9 Å². The molecular formula is C20H16N8OS. The summed E-state index contributed by atoms with van der Waals surface area (Å²) in [4.78, 5) is 18.5. The van der Waals surface area contributed by atoms with Crippen LogP contribution < -0.4 is 10.1 Å². The number of H-pyrrole nitrogens is 1. The highest BCUT2D eigenvalue weighted by Gasteiger charge is 2.13. The summed E-state index contributed by atoms with van der Waals surface area (Å²) in [6.07, 6.45) is 3.29. The van der Waals surface area contributed by atoms with Crippen molar-refractivity contribution in [1.82, 2.24) is 35.3 Å². The fraction of sp³-hybridized carbons (Fsp3) is 0.100. The van der Waals surface area contributed by atoms with Gasteiger partial charge in [0, 0.05) is 18.1 Å². The lowest BCUT2D eigenvalue weighted by Crippen LogP contribution is -1.98. The molecule has 0 saturated carbocycles. The van der Waals surface area contributed by atoms with E-state index in [1.165, 1.54) is 0 Å². The summed E-state index contributed by atoms with van der Waals surface area (Å²) < 4.78 is 5.61. The van der Waals surface area contributed by atoms with E-state index in [2.05, 4.69) is 35.7 Å². The highest BCUT2D eigenvalue weighted by Crippen LogP contribution is 2.30. The SMILES string of the molecule is Cc1nc(COc2ncccn2)sc1-c1cccc(Nc2ccc3n[nH]nc3c2)n1. The third-order valence-corrected chi connectivity index (χ3v) is 5.43. The van der Waals surface area contributed by atoms with Gasteiger partial charge in [-0.2, -0.15) is 15.4 Å². The smallest absolute Gasteiger partial charge is 0.316 e. The number of nitrogens with one attached hydrogen (secondary N) is 2. The van der Waals surface area contributed by atoms with E-state index in [0.29, 0.717) is 12.6 Å². The van der Waals surface area contributed by atoms with Gasteiger partial charge in [0.25, 0.3) is 0 Å². The number of ether oxygens (including phenoxy) is 1. The fourth-order valence-electron chi connectivity index (χ4n) is 2.93. The van der Waals surface area contributed by atoms with Gasteiger partial charge in [0.15, 0.2) is 0 Å². The molecule has 4 heterocycles. The van der Waals surface area contributed by atoms with E-state index >= 15 is 0 Å². The molecule has 2 N–H and O–H groups in total. The van der Waals surface area contributed by atoms with Crippen molar-refractivity contribution < 1.29 is 4.74 Å². The number of benzene rings is 1. The molecule has 0 bridgehead atoms. The van der Waals surface area contributed by atoms with Crippen molar-refractivity contribution in [3.8, 4) is 16.6 Å². The van der Waals surface area contributed by atoms with Crippen LogP contribution in [-0.4, -0.2) is 35.3 Å².